The van der Waals surface area contributed by atoms with Gasteiger partial charge in [-0.05, 0) is 31.5 Å². The van der Waals surface area contributed by atoms with Crippen molar-refractivity contribution in [3.05, 3.63) is 65.2 Å². The summed E-state index contributed by atoms with van der Waals surface area (Å²) >= 11 is 2.96. The Kier molecular flexibility index (Phi) is 5.36. The van der Waals surface area contributed by atoms with Crippen LogP contribution < -0.4 is 5.32 Å². The lowest BCUT2D eigenvalue weighted by Crippen LogP contribution is -2.14. The Morgan fingerprint density at radius 3 is 2.68 bits per heavy atom. The molecule has 2 aromatic carbocycles. The maximum atomic E-state index is 12.3. The van der Waals surface area contributed by atoms with Crippen molar-refractivity contribution in [3.63, 3.8) is 0 Å². The molecule has 0 aliphatic heterocycles. The molecule has 0 fully saturated rings. The summed E-state index contributed by atoms with van der Waals surface area (Å²) in [5.74, 6) is 0.170. The molecule has 4 rings (SSSR count). The van der Waals surface area contributed by atoms with Gasteiger partial charge in [-0.15, -0.1) is 21.5 Å². The molecule has 0 aliphatic carbocycles. The Balaban J connectivity index is 1.55. The van der Waals surface area contributed by atoms with Crippen LogP contribution in [0, 0.1) is 13.8 Å². The number of nitrogens with one attached hydrogen (secondary N) is 1. The molecular weight excluding hydrogens is 388 g/mol. The highest BCUT2D eigenvalue weighted by Crippen LogP contribution is 2.35. The van der Waals surface area contributed by atoms with Crippen LogP contribution in [-0.2, 0) is 4.79 Å². The molecule has 0 radical (unpaired) electrons. The number of hydrogen-bond acceptors (Lipinski definition) is 6. The average Bonchev–Trinajstić information content (AvgIpc) is 3.08. The number of nitrogens with zero attached hydrogens (tertiary/aromatic N) is 3. The maximum Gasteiger partial charge on any atom is 0.234 e. The van der Waals surface area contributed by atoms with Crippen LogP contribution >= 0.6 is 23.1 Å². The summed E-state index contributed by atoms with van der Waals surface area (Å²) in [6.07, 6.45) is 0. The number of aryl methyl sites for hydroxylation is 2. The number of carbonyl (C=O) groups excluding carboxylic acids is 1. The van der Waals surface area contributed by atoms with Crippen molar-refractivity contribution < 1.29 is 4.79 Å². The number of benzene rings is 2. The van der Waals surface area contributed by atoms with Crippen molar-refractivity contribution in [1.29, 1.82) is 0 Å². The van der Waals surface area contributed by atoms with Crippen LogP contribution in [-0.4, -0.2) is 26.8 Å². The van der Waals surface area contributed by atoms with E-state index in [0.717, 1.165) is 37.7 Å². The second kappa shape index (κ2) is 8.08. The smallest absolute Gasteiger partial charge is 0.234 e. The number of fused-ring (bicyclic) bond motifs is 1. The summed E-state index contributed by atoms with van der Waals surface area (Å²) in [6, 6.07) is 17.7. The first-order chi connectivity index (χ1) is 13.6. The molecule has 0 atom stereocenters. The van der Waals surface area contributed by atoms with Gasteiger partial charge in [0.05, 0.1) is 15.5 Å². The number of carbonyl (C=O) groups is 1. The topological polar surface area (TPSA) is 67.8 Å². The number of amides is 1. The molecule has 4 aromatic rings. The van der Waals surface area contributed by atoms with E-state index in [1.807, 2.05) is 68.4 Å². The van der Waals surface area contributed by atoms with Gasteiger partial charge >= 0.3 is 0 Å². The van der Waals surface area contributed by atoms with E-state index in [1.165, 1.54) is 11.8 Å². The number of anilines is 1. The van der Waals surface area contributed by atoms with Gasteiger partial charge in [0, 0.05) is 11.3 Å². The second-order valence-electron chi connectivity index (χ2n) is 6.34. The summed E-state index contributed by atoms with van der Waals surface area (Å²) in [5.41, 5.74) is 4.55. The van der Waals surface area contributed by atoms with Gasteiger partial charge in [-0.3, -0.25) is 4.79 Å². The molecule has 0 unspecified atom stereocenters. The zero-order chi connectivity index (χ0) is 19.5. The lowest BCUT2D eigenvalue weighted by atomic mass is 10.1. The van der Waals surface area contributed by atoms with Crippen molar-refractivity contribution in [1.82, 2.24) is 15.2 Å². The van der Waals surface area contributed by atoms with Crippen LogP contribution in [0.3, 0.4) is 0 Å². The molecule has 28 heavy (non-hydrogen) atoms. The molecule has 0 aliphatic rings. The van der Waals surface area contributed by atoms with Gasteiger partial charge in [-0.25, -0.2) is 4.98 Å². The zero-order valence-electron chi connectivity index (χ0n) is 15.5. The molecule has 140 valence electrons. The fourth-order valence-corrected chi connectivity index (χ4v) is 4.57. The monoisotopic (exact) mass is 406 g/mol. The number of thioether (sulfide) groups is 1. The molecule has 2 aromatic heterocycles. The first-order valence-electron chi connectivity index (χ1n) is 8.79. The number of hydrogen-bond donors (Lipinski definition) is 1. The predicted octanol–water partition coefficient (Wildman–Crippen LogP) is 5.10. The molecule has 2 heterocycles. The van der Waals surface area contributed by atoms with Crippen molar-refractivity contribution in [2.24, 2.45) is 0 Å². The molecule has 7 heteroatoms. The summed E-state index contributed by atoms with van der Waals surface area (Å²) in [7, 11) is 0. The van der Waals surface area contributed by atoms with Gasteiger partial charge in [0.1, 0.15) is 16.2 Å². The largest absolute Gasteiger partial charge is 0.325 e. The van der Waals surface area contributed by atoms with E-state index in [9.17, 15) is 4.79 Å². The van der Waals surface area contributed by atoms with Crippen molar-refractivity contribution in [2.45, 2.75) is 18.9 Å². The highest BCUT2D eigenvalue weighted by Gasteiger charge is 2.16. The normalized spacial score (nSPS) is 10.9. The highest BCUT2D eigenvalue weighted by atomic mass is 32.2. The van der Waals surface area contributed by atoms with E-state index in [2.05, 4.69) is 20.5 Å². The Morgan fingerprint density at radius 1 is 1.07 bits per heavy atom. The fraction of sp³-hybridized carbons (Fsp3) is 0.143. The van der Waals surface area contributed by atoms with Gasteiger partial charge in [-0.2, -0.15) is 0 Å². The molecule has 5 nitrogen and oxygen atoms in total. The van der Waals surface area contributed by atoms with Crippen LogP contribution in [0.5, 0.6) is 0 Å². The lowest BCUT2D eigenvalue weighted by molar-refractivity contribution is -0.113. The SMILES string of the molecule is Cc1cccc(NC(=O)CSc2nnc(-c3ccccc3)c3sc(C)nc23)c1. The maximum absolute atomic E-state index is 12.3. The van der Waals surface area contributed by atoms with Crippen molar-refractivity contribution >= 4 is 44.9 Å². The van der Waals surface area contributed by atoms with E-state index in [1.54, 1.807) is 11.3 Å². The van der Waals surface area contributed by atoms with Gasteiger partial charge in [0.25, 0.3) is 0 Å². The summed E-state index contributed by atoms with van der Waals surface area (Å²) in [5, 5.41) is 13.3. The summed E-state index contributed by atoms with van der Waals surface area (Å²) in [6.45, 7) is 3.97. The third kappa shape index (κ3) is 4.05. The fourth-order valence-electron chi connectivity index (χ4n) is 2.86. The number of rotatable bonds is 5. The Morgan fingerprint density at radius 2 is 1.89 bits per heavy atom. The van der Waals surface area contributed by atoms with Gasteiger partial charge < -0.3 is 5.32 Å². The molecular formula is C21H18N4OS2. The minimum absolute atomic E-state index is 0.0790. The Bertz CT molecular complexity index is 1140. The predicted molar refractivity (Wildman–Crippen MR) is 116 cm³/mol. The van der Waals surface area contributed by atoms with Crippen molar-refractivity contribution in [3.8, 4) is 11.3 Å². The standard InChI is InChI=1S/C21H18N4OS2/c1-13-7-6-10-16(11-13)23-17(26)12-27-21-19-20(28-14(2)22-19)18(24-25-21)15-8-4-3-5-9-15/h3-11H,12H2,1-2H3,(H,23,26). The zero-order valence-corrected chi connectivity index (χ0v) is 17.1. The minimum atomic E-state index is -0.0790. The van der Waals surface area contributed by atoms with Crippen molar-refractivity contribution in [2.75, 3.05) is 11.1 Å². The Hall–Kier alpha value is -2.77. The molecule has 0 spiro atoms. The number of thiazole rings is 1. The van der Waals surface area contributed by atoms with E-state index in [4.69, 9.17) is 0 Å². The van der Waals surface area contributed by atoms with E-state index < -0.39 is 0 Å². The highest BCUT2D eigenvalue weighted by molar-refractivity contribution is 8.00. The quantitative estimate of drug-likeness (QED) is 0.467. The van der Waals surface area contributed by atoms with Crippen LogP contribution in [0.15, 0.2) is 59.6 Å². The third-order valence-electron chi connectivity index (χ3n) is 4.08. The van der Waals surface area contributed by atoms with Crippen LogP contribution in [0.2, 0.25) is 0 Å². The third-order valence-corrected chi connectivity index (χ3v) is 6.01. The van der Waals surface area contributed by atoms with E-state index >= 15 is 0 Å². The second-order valence-corrected chi connectivity index (χ2v) is 8.50. The molecule has 0 bridgehead atoms. The first kappa shape index (κ1) is 18.6. The van der Waals surface area contributed by atoms with E-state index in [-0.39, 0.29) is 11.7 Å². The van der Waals surface area contributed by atoms with Crippen LogP contribution in [0.4, 0.5) is 5.69 Å². The molecule has 0 saturated heterocycles. The summed E-state index contributed by atoms with van der Waals surface area (Å²) < 4.78 is 1.00. The van der Waals surface area contributed by atoms with Gasteiger partial charge in [-0.1, -0.05) is 54.2 Å². The first-order valence-corrected chi connectivity index (χ1v) is 10.6. The lowest BCUT2D eigenvalue weighted by Gasteiger charge is -2.07. The van der Waals surface area contributed by atoms with Crippen LogP contribution in [0.25, 0.3) is 21.5 Å². The number of aromatic nitrogens is 3. The Labute approximate surface area is 171 Å². The summed E-state index contributed by atoms with van der Waals surface area (Å²) in [4.78, 5) is 17.0. The van der Waals surface area contributed by atoms with Gasteiger partial charge in [0.2, 0.25) is 5.91 Å². The minimum Gasteiger partial charge on any atom is -0.325 e. The van der Waals surface area contributed by atoms with E-state index in [0.29, 0.717) is 5.03 Å². The average molecular weight is 407 g/mol. The molecule has 0 saturated carbocycles. The van der Waals surface area contributed by atoms with Gasteiger partial charge in [0.15, 0.2) is 0 Å². The molecule has 1 N–H and O–H groups in total. The van der Waals surface area contributed by atoms with Crippen LogP contribution in [0.1, 0.15) is 10.6 Å². The molecule has 1 amide bonds.